The number of methoxy groups -OCH3 is 1. The van der Waals surface area contributed by atoms with Crippen molar-refractivity contribution in [1.82, 2.24) is 10.1 Å². The lowest BCUT2D eigenvalue weighted by molar-refractivity contribution is 0.414. The zero-order valence-electron chi connectivity index (χ0n) is 11.2. The molecule has 0 aliphatic carbocycles. The number of rotatable bonds is 4. The third-order valence-electron chi connectivity index (χ3n) is 2.94. The van der Waals surface area contributed by atoms with Crippen LogP contribution in [0.1, 0.15) is 17.0 Å². The SMILES string of the molecule is COc1cccc(Cc2noc(-c3sccc3C#N)n2)c1. The molecule has 0 aliphatic rings. The van der Waals surface area contributed by atoms with Crippen LogP contribution in [0.15, 0.2) is 40.2 Å². The second-order valence-electron chi connectivity index (χ2n) is 4.32. The molecule has 1 aromatic carbocycles. The van der Waals surface area contributed by atoms with Gasteiger partial charge in [0.25, 0.3) is 5.89 Å². The molecule has 0 atom stereocenters. The van der Waals surface area contributed by atoms with Crippen LogP contribution in [0.25, 0.3) is 10.8 Å². The molecule has 0 N–H and O–H groups in total. The number of benzene rings is 1. The Morgan fingerprint density at radius 3 is 3.10 bits per heavy atom. The van der Waals surface area contributed by atoms with Crippen LogP contribution in [0.4, 0.5) is 0 Å². The number of nitrogens with zero attached hydrogens (tertiary/aromatic N) is 3. The second kappa shape index (κ2) is 5.77. The summed E-state index contributed by atoms with van der Waals surface area (Å²) in [5, 5.41) is 14.8. The van der Waals surface area contributed by atoms with Gasteiger partial charge < -0.3 is 9.26 Å². The minimum Gasteiger partial charge on any atom is -0.497 e. The molecule has 0 spiro atoms. The summed E-state index contributed by atoms with van der Waals surface area (Å²) in [4.78, 5) is 5.06. The van der Waals surface area contributed by atoms with Gasteiger partial charge in [0.15, 0.2) is 5.82 Å². The van der Waals surface area contributed by atoms with E-state index in [4.69, 9.17) is 14.5 Å². The van der Waals surface area contributed by atoms with Crippen LogP contribution >= 0.6 is 11.3 Å². The van der Waals surface area contributed by atoms with E-state index in [0.29, 0.717) is 28.6 Å². The highest BCUT2D eigenvalue weighted by Crippen LogP contribution is 2.28. The van der Waals surface area contributed by atoms with Crippen molar-refractivity contribution < 1.29 is 9.26 Å². The van der Waals surface area contributed by atoms with E-state index in [1.165, 1.54) is 11.3 Å². The van der Waals surface area contributed by atoms with Crippen molar-refractivity contribution in [2.75, 3.05) is 7.11 Å². The predicted octanol–water partition coefficient (Wildman–Crippen LogP) is 3.27. The number of aromatic nitrogens is 2. The van der Waals surface area contributed by atoms with Crippen molar-refractivity contribution in [2.24, 2.45) is 0 Å². The van der Waals surface area contributed by atoms with Gasteiger partial charge in [0.05, 0.1) is 12.7 Å². The van der Waals surface area contributed by atoms with Crippen LogP contribution < -0.4 is 4.74 Å². The number of hydrogen-bond acceptors (Lipinski definition) is 6. The summed E-state index contributed by atoms with van der Waals surface area (Å²) in [6.07, 6.45) is 0.550. The quantitative estimate of drug-likeness (QED) is 0.739. The Morgan fingerprint density at radius 2 is 2.29 bits per heavy atom. The summed E-state index contributed by atoms with van der Waals surface area (Å²) in [7, 11) is 1.63. The lowest BCUT2D eigenvalue weighted by atomic mass is 10.1. The largest absolute Gasteiger partial charge is 0.497 e. The maximum absolute atomic E-state index is 9.02. The lowest BCUT2D eigenvalue weighted by Gasteiger charge is -2.01. The van der Waals surface area contributed by atoms with E-state index < -0.39 is 0 Å². The first-order valence-corrected chi connectivity index (χ1v) is 7.11. The van der Waals surface area contributed by atoms with Crippen molar-refractivity contribution >= 4 is 11.3 Å². The fourth-order valence-electron chi connectivity index (χ4n) is 1.95. The molecule has 0 amide bonds. The Labute approximate surface area is 125 Å². The molecule has 0 saturated carbocycles. The normalized spacial score (nSPS) is 10.3. The Bertz CT molecular complexity index is 801. The average molecular weight is 297 g/mol. The number of hydrogen-bond donors (Lipinski definition) is 0. The van der Waals surface area contributed by atoms with Crippen molar-refractivity contribution in [3.63, 3.8) is 0 Å². The standard InChI is InChI=1S/C15H11N3O2S/c1-19-12-4-2-3-10(7-12)8-13-17-15(20-18-13)14-11(9-16)5-6-21-14/h2-7H,8H2,1H3. The summed E-state index contributed by atoms with van der Waals surface area (Å²) in [6.45, 7) is 0. The van der Waals surface area contributed by atoms with Crippen LogP contribution in [0.3, 0.4) is 0 Å². The molecule has 6 heteroatoms. The minimum absolute atomic E-state index is 0.388. The van der Waals surface area contributed by atoms with Gasteiger partial charge in [-0.15, -0.1) is 11.3 Å². The first-order chi connectivity index (χ1) is 10.3. The topological polar surface area (TPSA) is 71.9 Å². The molecule has 5 nitrogen and oxygen atoms in total. The molecule has 0 fully saturated rings. The fraction of sp³-hybridized carbons (Fsp3) is 0.133. The monoisotopic (exact) mass is 297 g/mol. The number of ether oxygens (including phenoxy) is 1. The molecule has 104 valence electrons. The van der Waals surface area contributed by atoms with E-state index in [-0.39, 0.29) is 0 Å². The van der Waals surface area contributed by atoms with Gasteiger partial charge in [-0.3, -0.25) is 0 Å². The van der Waals surface area contributed by atoms with Crippen LogP contribution in [-0.4, -0.2) is 17.3 Å². The second-order valence-corrected chi connectivity index (χ2v) is 5.24. The molecular formula is C15H11N3O2S. The van der Waals surface area contributed by atoms with E-state index >= 15 is 0 Å². The molecule has 3 rings (SSSR count). The summed E-state index contributed by atoms with van der Waals surface area (Å²) in [6, 6.07) is 11.6. The molecule has 2 heterocycles. The molecule has 0 radical (unpaired) electrons. The summed E-state index contributed by atoms with van der Waals surface area (Å²) < 4.78 is 10.4. The van der Waals surface area contributed by atoms with E-state index in [1.54, 1.807) is 13.2 Å². The number of thiophene rings is 1. The molecular weight excluding hydrogens is 286 g/mol. The highest BCUT2D eigenvalue weighted by atomic mass is 32.1. The van der Waals surface area contributed by atoms with Crippen LogP contribution in [0.5, 0.6) is 5.75 Å². The summed E-state index contributed by atoms with van der Waals surface area (Å²) >= 11 is 1.41. The zero-order valence-corrected chi connectivity index (χ0v) is 12.1. The molecule has 21 heavy (non-hydrogen) atoms. The van der Waals surface area contributed by atoms with E-state index in [1.807, 2.05) is 29.6 Å². The van der Waals surface area contributed by atoms with E-state index in [0.717, 1.165) is 11.3 Å². The predicted molar refractivity (Wildman–Crippen MR) is 78.1 cm³/mol. The third-order valence-corrected chi connectivity index (χ3v) is 3.85. The zero-order chi connectivity index (χ0) is 14.7. The maximum Gasteiger partial charge on any atom is 0.269 e. The Balaban J connectivity index is 1.84. The Morgan fingerprint density at radius 1 is 1.38 bits per heavy atom. The van der Waals surface area contributed by atoms with Crippen LogP contribution in [0, 0.1) is 11.3 Å². The Kier molecular flexibility index (Phi) is 3.67. The molecule has 0 bridgehead atoms. The fourth-order valence-corrected chi connectivity index (χ4v) is 2.71. The molecule has 0 unspecified atom stereocenters. The minimum atomic E-state index is 0.388. The summed E-state index contributed by atoms with van der Waals surface area (Å²) in [5.74, 6) is 1.76. The lowest BCUT2D eigenvalue weighted by Crippen LogP contribution is -1.92. The third kappa shape index (κ3) is 2.78. The number of nitriles is 1. The van der Waals surface area contributed by atoms with Crippen molar-refractivity contribution in [2.45, 2.75) is 6.42 Å². The maximum atomic E-state index is 9.02. The van der Waals surface area contributed by atoms with E-state index in [2.05, 4.69) is 16.2 Å². The van der Waals surface area contributed by atoms with E-state index in [9.17, 15) is 0 Å². The Hall–Kier alpha value is -2.65. The van der Waals surface area contributed by atoms with Crippen LogP contribution in [0.2, 0.25) is 0 Å². The van der Waals surface area contributed by atoms with Crippen molar-refractivity contribution in [3.8, 4) is 22.6 Å². The average Bonchev–Trinajstić information content (AvgIpc) is 3.15. The van der Waals surface area contributed by atoms with Gasteiger partial charge in [0.1, 0.15) is 16.7 Å². The van der Waals surface area contributed by atoms with Crippen molar-refractivity contribution in [1.29, 1.82) is 5.26 Å². The highest BCUT2D eigenvalue weighted by molar-refractivity contribution is 7.13. The first kappa shape index (κ1) is 13.3. The van der Waals surface area contributed by atoms with Gasteiger partial charge in [-0.25, -0.2) is 0 Å². The van der Waals surface area contributed by atoms with Gasteiger partial charge in [-0.05, 0) is 29.1 Å². The highest BCUT2D eigenvalue weighted by Gasteiger charge is 2.14. The van der Waals surface area contributed by atoms with Gasteiger partial charge in [0, 0.05) is 6.42 Å². The van der Waals surface area contributed by atoms with Crippen molar-refractivity contribution in [3.05, 3.63) is 52.7 Å². The summed E-state index contributed by atoms with van der Waals surface area (Å²) in [5.41, 5.74) is 1.59. The first-order valence-electron chi connectivity index (χ1n) is 6.23. The molecule has 2 aromatic heterocycles. The van der Waals surface area contributed by atoms with Crippen LogP contribution in [-0.2, 0) is 6.42 Å². The molecule has 3 aromatic rings. The van der Waals surface area contributed by atoms with Gasteiger partial charge >= 0.3 is 0 Å². The van der Waals surface area contributed by atoms with Gasteiger partial charge in [-0.1, -0.05) is 17.3 Å². The van der Waals surface area contributed by atoms with Gasteiger partial charge in [0.2, 0.25) is 0 Å². The molecule has 0 aliphatic heterocycles. The van der Waals surface area contributed by atoms with Gasteiger partial charge in [-0.2, -0.15) is 10.2 Å². The smallest absolute Gasteiger partial charge is 0.269 e. The molecule has 0 saturated heterocycles.